The summed E-state index contributed by atoms with van der Waals surface area (Å²) in [6.07, 6.45) is 3.68. The Balaban J connectivity index is 2.02. The van der Waals surface area contributed by atoms with Crippen LogP contribution in [0.1, 0.15) is 19.3 Å². The molecule has 0 saturated carbocycles. The van der Waals surface area contributed by atoms with E-state index in [4.69, 9.17) is 10.9 Å². The second kappa shape index (κ2) is 5.99. The standard InChI is InChI=1S/C13H22N4O2S/c1-17-7-3-2-4-11(17)9-16-10-5-6-13(12(14)8-10)20(15,18)19/h5-6,8,11,16H,2-4,7,9,14H2,1H3,(H2,15,18,19). The van der Waals surface area contributed by atoms with E-state index in [9.17, 15) is 8.42 Å². The van der Waals surface area contributed by atoms with Crippen LogP contribution in [0.5, 0.6) is 0 Å². The molecule has 5 N–H and O–H groups in total. The summed E-state index contributed by atoms with van der Waals surface area (Å²) in [5.41, 5.74) is 6.72. The monoisotopic (exact) mass is 298 g/mol. The topological polar surface area (TPSA) is 101 Å². The van der Waals surface area contributed by atoms with Crippen molar-refractivity contribution in [1.29, 1.82) is 0 Å². The van der Waals surface area contributed by atoms with Crippen LogP contribution >= 0.6 is 0 Å². The van der Waals surface area contributed by atoms with E-state index in [0.29, 0.717) is 6.04 Å². The first-order chi connectivity index (χ1) is 9.38. The highest BCUT2D eigenvalue weighted by atomic mass is 32.2. The number of sulfonamides is 1. The van der Waals surface area contributed by atoms with Crippen LogP contribution in [0, 0.1) is 0 Å². The number of nitrogens with one attached hydrogen (secondary N) is 1. The number of likely N-dealkylation sites (tertiary alicyclic amines) is 1. The minimum atomic E-state index is -3.76. The van der Waals surface area contributed by atoms with E-state index in [1.165, 1.54) is 25.3 Å². The van der Waals surface area contributed by atoms with Crippen molar-refractivity contribution >= 4 is 21.4 Å². The van der Waals surface area contributed by atoms with Crippen LogP contribution < -0.4 is 16.2 Å². The second-order valence-electron chi connectivity index (χ2n) is 5.31. The van der Waals surface area contributed by atoms with E-state index < -0.39 is 10.0 Å². The number of hydrogen-bond donors (Lipinski definition) is 3. The van der Waals surface area contributed by atoms with Gasteiger partial charge in [-0.3, -0.25) is 0 Å². The number of benzene rings is 1. The molecular formula is C13H22N4O2S. The lowest BCUT2D eigenvalue weighted by atomic mass is 10.0. The molecule has 1 fully saturated rings. The highest BCUT2D eigenvalue weighted by Crippen LogP contribution is 2.22. The van der Waals surface area contributed by atoms with E-state index in [-0.39, 0.29) is 10.6 Å². The van der Waals surface area contributed by atoms with Gasteiger partial charge in [-0.25, -0.2) is 13.6 Å². The number of primary sulfonamides is 1. The van der Waals surface area contributed by atoms with Gasteiger partial charge in [-0.2, -0.15) is 0 Å². The largest absolute Gasteiger partial charge is 0.398 e. The molecule has 20 heavy (non-hydrogen) atoms. The predicted molar refractivity (Wildman–Crippen MR) is 81.0 cm³/mol. The van der Waals surface area contributed by atoms with E-state index in [2.05, 4.69) is 17.3 Å². The fourth-order valence-electron chi connectivity index (χ4n) is 2.56. The lowest BCUT2D eigenvalue weighted by molar-refractivity contribution is 0.194. The average Bonchev–Trinajstić information content (AvgIpc) is 2.36. The third kappa shape index (κ3) is 3.62. The lowest BCUT2D eigenvalue weighted by Crippen LogP contribution is -2.40. The summed E-state index contributed by atoms with van der Waals surface area (Å²) in [7, 11) is -1.63. The maximum absolute atomic E-state index is 11.3. The molecule has 2 rings (SSSR count). The molecular weight excluding hydrogens is 276 g/mol. The molecule has 0 aliphatic carbocycles. The molecule has 0 amide bonds. The number of likely N-dealkylation sites (N-methyl/N-ethyl adjacent to an activating group) is 1. The molecule has 0 radical (unpaired) electrons. The number of hydrogen-bond acceptors (Lipinski definition) is 5. The Morgan fingerprint density at radius 3 is 2.75 bits per heavy atom. The molecule has 1 aromatic rings. The first kappa shape index (κ1) is 15.1. The Bertz CT molecular complexity index is 574. The maximum Gasteiger partial charge on any atom is 0.240 e. The average molecular weight is 298 g/mol. The Hall–Kier alpha value is -1.31. The zero-order valence-corrected chi connectivity index (χ0v) is 12.5. The lowest BCUT2D eigenvalue weighted by Gasteiger charge is -2.32. The quantitative estimate of drug-likeness (QED) is 0.714. The van der Waals surface area contributed by atoms with Crippen LogP contribution in [0.4, 0.5) is 11.4 Å². The van der Waals surface area contributed by atoms with Crippen LogP contribution in [-0.4, -0.2) is 39.5 Å². The Kier molecular flexibility index (Phi) is 4.52. The van der Waals surface area contributed by atoms with Gasteiger partial charge < -0.3 is 16.0 Å². The first-order valence-electron chi connectivity index (χ1n) is 6.74. The molecule has 1 saturated heterocycles. The highest BCUT2D eigenvalue weighted by molar-refractivity contribution is 7.89. The van der Waals surface area contributed by atoms with Gasteiger partial charge in [0.05, 0.1) is 5.69 Å². The molecule has 1 aromatic carbocycles. The van der Waals surface area contributed by atoms with E-state index in [1.807, 2.05) is 0 Å². The third-order valence-electron chi connectivity index (χ3n) is 3.78. The normalized spacial score (nSPS) is 20.8. The van der Waals surface area contributed by atoms with Crippen LogP contribution in [0.15, 0.2) is 23.1 Å². The van der Waals surface area contributed by atoms with Gasteiger partial charge >= 0.3 is 0 Å². The van der Waals surface area contributed by atoms with Crippen molar-refractivity contribution in [2.24, 2.45) is 5.14 Å². The molecule has 1 aliphatic heterocycles. The first-order valence-corrected chi connectivity index (χ1v) is 8.29. The van der Waals surface area contributed by atoms with E-state index >= 15 is 0 Å². The van der Waals surface area contributed by atoms with Crippen molar-refractivity contribution in [3.63, 3.8) is 0 Å². The van der Waals surface area contributed by atoms with Crippen LogP contribution in [-0.2, 0) is 10.0 Å². The number of nitrogens with two attached hydrogens (primary N) is 2. The van der Waals surface area contributed by atoms with E-state index in [0.717, 1.165) is 18.8 Å². The van der Waals surface area contributed by atoms with Crippen molar-refractivity contribution in [2.75, 3.05) is 31.2 Å². The summed E-state index contributed by atoms with van der Waals surface area (Å²) in [5, 5.41) is 8.39. The Morgan fingerprint density at radius 1 is 1.40 bits per heavy atom. The summed E-state index contributed by atoms with van der Waals surface area (Å²) in [6, 6.07) is 5.25. The Labute approximate surface area is 120 Å². The SMILES string of the molecule is CN1CCCCC1CNc1ccc(S(N)(=O)=O)c(N)c1. The molecule has 6 nitrogen and oxygen atoms in total. The Morgan fingerprint density at radius 2 is 2.15 bits per heavy atom. The summed E-state index contributed by atoms with van der Waals surface area (Å²) in [6.45, 7) is 1.95. The summed E-state index contributed by atoms with van der Waals surface area (Å²) >= 11 is 0. The van der Waals surface area contributed by atoms with Crippen molar-refractivity contribution in [3.05, 3.63) is 18.2 Å². The fraction of sp³-hybridized carbons (Fsp3) is 0.538. The van der Waals surface area contributed by atoms with Gasteiger partial charge in [0.1, 0.15) is 4.90 Å². The van der Waals surface area contributed by atoms with Crippen LogP contribution in [0.3, 0.4) is 0 Å². The van der Waals surface area contributed by atoms with Gasteiger partial charge in [0.25, 0.3) is 0 Å². The van der Waals surface area contributed by atoms with Gasteiger partial charge in [-0.05, 0) is 44.6 Å². The number of piperidine rings is 1. The summed E-state index contributed by atoms with van der Waals surface area (Å²) < 4.78 is 22.6. The van der Waals surface area contributed by atoms with Crippen molar-refractivity contribution in [1.82, 2.24) is 4.90 Å². The molecule has 1 unspecified atom stereocenters. The highest BCUT2D eigenvalue weighted by Gasteiger charge is 2.18. The minimum Gasteiger partial charge on any atom is -0.398 e. The molecule has 1 atom stereocenters. The zero-order chi connectivity index (χ0) is 14.8. The number of nitrogen functional groups attached to an aromatic ring is 1. The number of nitrogens with zero attached hydrogens (tertiary/aromatic N) is 1. The molecule has 112 valence electrons. The van der Waals surface area contributed by atoms with Gasteiger partial charge in [0.15, 0.2) is 0 Å². The van der Waals surface area contributed by atoms with Gasteiger partial charge in [0, 0.05) is 18.3 Å². The molecule has 0 spiro atoms. The second-order valence-corrected chi connectivity index (χ2v) is 6.84. The van der Waals surface area contributed by atoms with Crippen molar-refractivity contribution in [2.45, 2.75) is 30.2 Å². The molecule has 0 bridgehead atoms. The van der Waals surface area contributed by atoms with Crippen LogP contribution in [0.25, 0.3) is 0 Å². The zero-order valence-electron chi connectivity index (χ0n) is 11.7. The maximum atomic E-state index is 11.3. The van der Waals surface area contributed by atoms with Crippen molar-refractivity contribution < 1.29 is 8.42 Å². The van der Waals surface area contributed by atoms with Crippen molar-refractivity contribution in [3.8, 4) is 0 Å². The summed E-state index contributed by atoms with van der Waals surface area (Å²) in [5.74, 6) is 0. The fourth-order valence-corrected chi connectivity index (χ4v) is 3.20. The van der Waals surface area contributed by atoms with Gasteiger partial charge in [-0.15, -0.1) is 0 Å². The third-order valence-corrected chi connectivity index (χ3v) is 4.76. The van der Waals surface area contributed by atoms with Crippen LogP contribution in [0.2, 0.25) is 0 Å². The minimum absolute atomic E-state index is 0.0298. The van der Waals surface area contributed by atoms with Gasteiger partial charge in [-0.1, -0.05) is 6.42 Å². The summed E-state index contributed by atoms with van der Waals surface area (Å²) in [4.78, 5) is 2.32. The smallest absolute Gasteiger partial charge is 0.240 e. The number of rotatable bonds is 4. The van der Waals surface area contributed by atoms with E-state index in [1.54, 1.807) is 12.1 Å². The molecule has 0 aromatic heterocycles. The van der Waals surface area contributed by atoms with Gasteiger partial charge in [0.2, 0.25) is 10.0 Å². The number of anilines is 2. The molecule has 1 aliphatic rings. The predicted octanol–water partition coefficient (Wildman–Crippen LogP) is 0.812. The molecule has 1 heterocycles. The molecule has 7 heteroatoms.